The highest BCUT2D eigenvalue weighted by Crippen LogP contribution is 2.16. The van der Waals surface area contributed by atoms with Crippen molar-refractivity contribution < 1.29 is 4.48 Å². The van der Waals surface area contributed by atoms with Crippen LogP contribution in [0.1, 0.15) is 215 Å². The van der Waals surface area contributed by atoms with Crippen LogP contribution >= 0.6 is 0 Å². The molecular weight excluding hydrogens is 508 g/mol. The number of nitrogens with zero attached hydrogens (tertiary/aromatic N) is 2. The van der Waals surface area contributed by atoms with Gasteiger partial charge in [0.1, 0.15) is 0 Å². The van der Waals surface area contributed by atoms with Gasteiger partial charge in [-0.15, -0.1) is 0 Å². The van der Waals surface area contributed by atoms with Crippen molar-refractivity contribution in [2.45, 2.75) is 215 Å². The molecule has 0 aliphatic heterocycles. The molecule has 0 amide bonds. The van der Waals surface area contributed by atoms with Gasteiger partial charge >= 0.3 is 0 Å². The molecule has 0 atom stereocenters. The maximum absolute atomic E-state index is 2.79. The molecule has 0 heterocycles. The minimum Gasteiger partial charge on any atom is -0.324 e. The summed E-state index contributed by atoms with van der Waals surface area (Å²) in [4.78, 5) is 2.79. The van der Waals surface area contributed by atoms with Crippen LogP contribution in [0.5, 0.6) is 0 Å². The van der Waals surface area contributed by atoms with E-state index in [2.05, 4.69) is 53.4 Å². The number of unbranched alkanes of at least 4 members (excludes halogenated alkanes) is 19. The van der Waals surface area contributed by atoms with Gasteiger partial charge < -0.3 is 9.38 Å². The van der Waals surface area contributed by atoms with E-state index < -0.39 is 0 Å². The third-order valence-corrected chi connectivity index (χ3v) is 9.43. The van der Waals surface area contributed by atoms with E-state index in [1.807, 2.05) is 0 Å². The molecular formula is C40H87N2+. The number of hydrogen-bond acceptors (Lipinski definition) is 1. The minimum atomic E-state index is 1.35. The molecule has 0 aromatic carbocycles. The normalized spacial score (nSPS) is 11.7. The van der Waals surface area contributed by atoms with E-state index in [4.69, 9.17) is 0 Å². The van der Waals surface area contributed by atoms with Crippen LogP contribution in [0.3, 0.4) is 0 Å². The fraction of sp³-hybridized carbons (Fsp3) is 1.00. The SMILES string of the molecule is CCCCCCCCN(CCCCCCCC)CCCCCCCC.CCCC[N+](CCCC)(CCCC)CCCC. The maximum Gasteiger partial charge on any atom is 0.0786 e. The second-order valence-electron chi connectivity index (χ2n) is 13.8. The molecule has 2 heteroatoms. The molecule has 0 fully saturated rings. The highest BCUT2D eigenvalue weighted by atomic mass is 15.3. The highest BCUT2D eigenvalue weighted by molar-refractivity contribution is 4.60. The third kappa shape index (κ3) is 31.3. The van der Waals surface area contributed by atoms with E-state index >= 15 is 0 Å². The average molecular weight is 596 g/mol. The average Bonchev–Trinajstić information content (AvgIpc) is 3.01. The van der Waals surface area contributed by atoms with Crippen molar-refractivity contribution >= 4 is 0 Å². The van der Waals surface area contributed by atoms with Crippen LogP contribution in [-0.4, -0.2) is 55.2 Å². The topological polar surface area (TPSA) is 3.24 Å². The molecule has 42 heavy (non-hydrogen) atoms. The van der Waals surface area contributed by atoms with Crippen molar-refractivity contribution in [3.05, 3.63) is 0 Å². The summed E-state index contributed by atoms with van der Waals surface area (Å²) in [6.45, 7) is 26.0. The molecule has 0 saturated heterocycles. The van der Waals surface area contributed by atoms with Crippen molar-refractivity contribution in [3.63, 3.8) is 0 Å². The van der Waals surface area contributed by atoms with Crippen LogP contribution < -0.4 is 0 Å². The number of hydrogen-bond donors (Lipinski definition) is 0. The van der Waals surface area contributed by atoms with Gasteiger partial charge in [-0.25, -0.2) is 0 Å². The predicted molar refractivity (Wildman–Crippen MR) is 196 cm³/mol. The molecule has 0 radical (unpaired) electrons. The number of rotatable bonds is 33. The second kappa shape index (κ2) is 37.1. The summed E-state index contributed by atoms with van der Waals surface area (Å²) < 4.78 is 1.42. The van der Waals surface area contributed by atoms with Crippen molar-refractivity contribution in [2.24, 2.45) is 0 Å². The molecule has 0 N–H and O–H groups in total. The Kier molecular flexibility index (Phi) is 38.9. The zero-order chi connectivity index (χ0) is 31.4. The van der Waals surface area contributed by atoms with Gasteiger partial charge in [0.25, 0.3) is 0 Å². The Hall–Kier alpha value is -0.0800. The fourth-order valence-electron chi connectivity index (χ4n) is 6.33. The first-order valence-corrected chi connectivity index (χ1v) is 20.2. The first kappa shape index (κ1) is 44.0. The van der Waals surface area contributed by atoms with Gasteiger partial charge in [0.05, 0.1) is 26.2 Å². The van der Waals surface area contributed by atoms with Gasteiger partial charge in [-0.2, -0.15) is 0 Å². The van der Waals surface area contributed by atoms with E-state index in [9.17, 15) is 0 Å². The van der Waals surface area contributed by atoms with E-state index in [0.717, 1.165) is 0 Å². The van der Waals surface area contributed by atoms with Crippen molar-refractivity contribution in [1.29, 1.82) is 0 Å². The van der Waals surface area contributed by atoms with Gasteiger partial charge in [-0.3, -0.25) is 0 Å². The quantitative estimate of drug-likeness (QED) is 0.0538. The smallest absolute Gasteiger partial charge is 0.0786 e. The molecule has 0 aliphatic carbocycles. The van der Waals surface area contributed by atoms with Crippen LogP contribution in [0, 0.1) is 0 Å². The van der Waals surface area contributed by atoms with Crippen molar-refractivity contribution in [1.82, 2.24) is 4.90 Å². The lowest BCUT2D eigenvalue weighted by atomic mass is 10.1. The first-order chi connectivity index (χ1) is 20.6. The summed E-state index contributed by atoms with van der Waals surface area (Å²) in [5, 5.41) is 0. The van der Waals surface area contributed by atoms with E-state index in [1.54, 1.807) is 0 Å². The standard InChI is InChI=1S/C24H51N.C16H36N/c1-4-7-10-13-16-19-22-25(23-20-17-14-11-8-5-2)24-21-18-15-12-9-6-3;1-5-9-13-17(14-10-6-2,15-11-7-3)16-12-8-4/h4-24H2,1-3H3;5-16H2,1-4H3/q;+1. The van der Waals surface area contributed by atoms with Crippen LogP contribution in [0.25, 0.3) is 0 Å². The van der Waals surface area contributed by atoms with Crippen LogP contribution in [0.2, 0.25) is 0 Å². The van der Waals surface area contributed by atoms with E-state index in [0.29, 0.717) is 0 Å². The zero-order valence-electron chi connectivity index (χ0n) is 31.2. The lowest BCUT2D eigenvalue weighted by molar-refractivity contribution is -0.929. The summed E-state index contributed by atoms with van der Waals surface area (Å²) in [7, 11) is 0. The zero-order valence-corrected chi connectivity index (χ0v) is 31.2. The Balaban J connectivity index is 0. The second-order valence-corrected chi connectivity index (χ2v) is 13.8. The lowest BCUT2D eigenvalue weighted by Crippen LogP contribution is -2.50. The fourth-order valence-corrected chi connectivity index (χ4v) is 6.33. The molecule has 0 aromatic heterocycles. The Morgan fingerprint density at radius 1 is 0.262 bits per heavy atom. The Morgan fingerprint density at radius 2 is 0.476 bits per heavy atom. The van der Waals surface area contributed by atoms with Gasteiger partial charge in [-0.05, 0) is 64.6 Å². The van der Waals surface area contributed by atoms with Crippen LogP contribution in [0.15, 0.2) is 0 Å². The monoisotopic (exact) mass is 596 g/mol. The summed E-state index contributed by atoms with van der Waals surface area (Å²) in [5.41, 5.74) is 0. The number of quaternary nitrogens is 1. The largest absolute Gasteiger partial charge is 0.324 e. The Bertz CT molecular complexity index is 387. The van der Waals surface area contributed by atoms with E-state index in [1.165, 1.54) is 217 Å². The molecule has 0 saturated carbocycles. The third-order valence-electron chi connectivity index (χ3n) is 9.43. The van der Waals surface area contributed by atoms with Crippen LogP contribution in [0.4, 0.5) is 0 Å². The minimum absolute atomic E-state index is 1.35. The summed E-state index contributed by atoms with van der Waals surface area (Å²) in [6, 6.07) is 0. The highest BCUT2D eigenvalue weighted by Gasteiger charge is 2.24. The van der Waals surface area contributed by atoms with Crippen molar-refractivity contribution in [3.8, 4) is 0 Å². The molecule has 0 aliphatic rings. The Morgan fingerprint density at radius 3 is 0.714 bits per heavy atom. The van der Waals surface area contributed by atoms with Crippen LogP contribution in [-0.2, 0) is 0 Å². The first-order valence-electron chi connectivity index (χ1n) is 20.2. The van der Waals surface area contributed by atoms with Gasteiger partial charge in [0, 0.05) is 0 Å². The van der Waals surface area contributed by atoms with Gasteiger partial charge in [0.2, 0.25) is 0 Å². The molecule has 0 aromatic rings. The van der Waals surface area contributed by atoms with Gasteiger partial charge in [0.15, 0.2) is 0 Å². The summed E-state index contributed by atoms with van der Waals surface area (Å²) in [6.07, 6.45) is 36.8. The Labute approximate surface area is 270 Å². The predicted octanol–water partition coefficient (Wildman–Crippen LogP) is 13.4. The lowest BCUT2D eigenvalue weighted by Gasteiger charge is -2.39. The molecule has 0 bridgehead atoms. The molecule has 256 valence electrons. The molecule has 0 spiro atoms. The van der Waals surface area contributed by atoms with Gasteiger partial charge in [-0.1, -0.05) is 170 Å². The summed E-state index contributed by atoms with van der Waals surface area (Å²) >= 11 is 0. The maximum atomic E-state index is 2.79. The summed E-state index contributed by atoms with van der Waals surface area (Å²) in [5.74, 6) is 0. The van der Waals surface area contributed by atoms with E-state index in [-0.39, 0.29) is 0 Å². The molecule has 0 unspecified atom stereocenters. The molecule has 0 rings (SSSR count). The van der Waals surface area contributed by atoms with Crippen molar-refractivity contribution in [2.75, 3.05) is 45.8 Å². The molecule has 2 nitrogen and oxygen atoms in total.